The highest BCUT2D eigenvalue weighted by Crippen LogP contribution is 2.62. The first kappa shape index (κ1) is 9.00. The lowest BCUT2D eigenvalue weighted by molar-refractivity contribution is -0.140. The lowest BCUT2D eigenvalue weighted by Crippen LogP contribution is -2.39. The van der Waals surface area contributed by atoms with Gasteiger partial charge >= 0.3 is 5.97 Å². The second kappa shape index (κ2) is 2.71. The van der Waals surface area contributed by atoms with E-state index in [2.05, 4.69) is 0 Å². The Balaban J connectivity index is 2.11. The van der Waals surface area contributed by atoms with Crippen LogP contribution in [0.15, 0.2) is 0 Å². The van der Waals surface area contributed by atoms with Crippen molar-refractivity contribution >= 4 is 5.97 Å². The second-order valence-electron chi connectivity index (χ2n) is 4.65. The monoisotopic (exact) mass is 183 g/mol. The highest BCUT2D eigenvalue weighted by atomic mass is 16.4. The zero-order valence-electron chi connectivity index (χ0n) is 7.88. The van der Waals surface area contributed by atoms with E-state index in [1.165, 1.54) is 12.8 Å². The maximum Gasteiger partial charge on any atom is 0.324 e. The van der Waals surface area contributed by atoms with Crippen LogP contribution in [0.3, 0.4) is 0 Å². The summed E-state index contributed by atoms with van der Waals surface area (Å²) in [6.45, 7) is 0. The number of carboxylic acids is 1. The summed E-state index contributed by atoms with van der Waals surface area (Å²) < 4.78 is 0. The van der Waals surface area contributed by atoms with Crippen LogP contribution in [0.25, 0.3) is 0 Å². The Morgan fingerprint density at radius 3 is 2.08 bits per heavy atom. The quantitative estimate of drug-likeness (QED) is 0.647. The molecule has 2 aliphatic rings. The largest absolute Gasteiger partial charge is 0.480 e. The van der Waals surface area contributed by atoms with Gasteiger partial charge in [0.1, 0.15) is 5.54 Å². The summed E-state index contributed by atoms with van der Waals surface area (Å²) in [4.78, 5) is 10.9. The first-order valence-corrected chi connectivity index (χ1v) is 5.13. The molecule has 3 heteroatoms. The van der Waals surface area contributed by atoms with Gasteiger partial charge in [0, 0.05) is 5.41 Å². The van der Waals surface area contributed by atoms with E-state index in [1.807, 2.05) is 0 Å². The van der Waals surface area contributed by atoms with Crippen LogP contribution in [-0.2, 0) is 4.79 Å². The van der Waals surface area contributed by atoms with Crippen molar-refractivity contribution in [1.29, 1.82) is 0 Å². The van der Waals surface area contributed by atoms with Gasteiger partial charge in [0.05, 0.1) is 0 Å². The molecule has 13 heavy (non-hydrogen) atoms. The summed E-state index contributed by atoms with van der Waals surface area (Å²) in [5, 5.41) is 9.00. The average molecular weight is 183 g/mol. The Morgan fingerprint density at radius 2 is 1.69 bits per heavy atom. The summed E-state index contributed by atoms with van der Waals surface area (Å²) in [6.07, 6.45) is 7.56. The average Bonchev–Trinajstić information content (AvgIpc) is 2.74. The Hall–Kier alpha value is -0.570. The molecule has 0 aromatic rings. The number of carbonyl (C=O) groups is 1. The number of hydrogen-bond acceptors (Lipinski definition) is 2. The van der Waals surface area contributed by atoms with Gasteiger partial charge in [-0.1, -0.05) is 25.7 Å². The van der Waals surface area contributed by atoms with E-state index in [-0.39, 0.29) is 5.41 Å². The molecule has 0 unspecified atom stereocenters. The molecule has 1 spiro atoms. The fourth-order valence-corrected chi connectivity index (χ4v) is 2.82. The molecule has 2 aliphatic carbocycles. The van der Waals surface area contributed by atoms with Gasteiger partial charge in [-0.25, -0.2) is 0 Å². The fraction of sp³-hybridized carbons (Fsp3) is 0.900. The molecule has 0 aromatic heterocycles. The number of aliphatic carboxylic acids is 1. The zero-order valence-corrected chi connectivity index (χ0v) is 7.88. The van der Waals surface area contributed by atoms with Crippen molar-refractivity contribution in [1.82, 2.24) is 0 Å². The van der Waals surface area contributed by atoms with Crippen LogP contribution >= 0.6 is 0 Å². The minimum atomic E-state index is -0.878. The molecule has 0 amide bonds. The topological polar surface area (TPSA) is 63.3 Å². The minimum absolute atomic E-state index is 0.0324. The Morgan fingerprint density at radius 1 is 1.15 bits per heavy atom. The zero-order chi connectivity index (χ0) is 9.53. The first-order valence-electron chi connectivity index (χ1n) is 5.13. The molecule has 0 aromatic carbocycles. The van der Waals surface area contributed by atoms with E-state index >= 15 is 0 Å². The van der Waals surface area contributed by atoms with Crippen molar-refractivity contribution in [2.24, 2.45) is 11.1 Å². The van der Waals surface area contributed by atoms with E-state index in [4.69, 9.17) is 10.8 Å². The molecular weight excluding hydrogens is 166 g/mol. The molecule has 0 bridgehead atoms. The summed E-state index contributed by atoms with van der Waals surface area (Å²) >= 11 is 0. The highest BCUT2D eigenvalue weighted by Gasteiger charge is 2.69. The Bertz CT molecular complexity index is 231. The van der Waals surface area contributed by atoms with Crippen molar-refractivity contribution in [3.8, 4) is 0 Å². The van der Waals surface area contributed by atoms with Gasteiger partial charge < -0.3 is 10.8 Å². The molecule has 3 nitrogen and oxygen atoms in total. The van der Waals surface area contributed by atoms with E-state index in [1.54, 1.807) is 0 Å². The SMILES string of the molecule is N[C@@]1(C(=O)O)CC12CCCCCC2. The van der Waals surface area contributed by atoms with Crippen molar-refractivity contribution < 1.29 is 9.90 Å². The van der Waals surface area contributed by atoms with Gasteiger partial charge in [-0.05, 0) is 19.3 Å². The lowest BCUT2D eigenvalue weighted by atomic mass is 9.91. The first-order chi connectivity index (χ1) is 6.11. The van der Waals surface area contributed by atoms with E-state index in [9.17, 15) is 4.79 Å². The predicted molar refractivity (Wildman–Crippen MR) is 49.3 cm³/mol. The summed E-state index contributed by atoms with van der Waals surface area (Å²) in [5.74, 6) is -0.797. The molecule has 0 heterocycles. The van der Waals surface area contributed by atoms with Gasteiger partial charge in [0.2, 0.25) is 0 Å². The van der Waals surface area contributed by atoms with E-state index in [0.29, 0.717) is 6.42 Å². The molecule has 2 rings (SSSR count). The maximum atomic E-state index is 10.9. The van der Waals surface area contributed by atoms with Crippen LogP contribution in [0.1, 0.15) is 44.9 Å². The molecule has 74 valence electrons. The van der Waals surface area contributed by atoms with Crippen LogP contribution in [0.2, 0.25) is 0 Å². The van der Waals surface area contributed by atoms with Crippen molar-refractivity contribution in [2.75, 3.05) is 0 Å². The lowest BCUT2D eigenvalue weighted by Gasteiger charge is -2.17. The minimum Gasteiger partial charge on any atom is -0.480 e. The number of carboxylic acid groups (broad SMARTS) is 1. The number of nitrogens with two attached hydrogens (primary N) is 1. The van der Waals surface area contributed by atoms with Crippen molar-refractivity contribution in [3.63, 3.8) is 0 Å². The van der Waals surface area contributed by atoms with Crippen LogP contribution in [0, 0.1) is 5.41 Å². The third-order valence-electron chi connectivity index (χ3n) is 3.88. The number of hydrogen-bond donors (Lipinski definition) is 2. The molecular formula is C10H17NO2. The van der Waals surface area contributed by atoms with Crippen LogP contribution in [-0.4, -0.2) is 16.6 Å². The molecule has 0 aliphatic heterocycles. The number of rotatable bonds is 1. The van der Waals surface area contributed by atoms with Gasteiger partial charge in [0.15, 0.2) is 0 Å². The van der Waals surface area contributed by atoms with Crippen molar-refractivity contribution in [2.45, 2.75) is 50.5 Å². The predicted octanol–water partition coefficient (Wildman–Crippen LogP) is 1.51. The Labute approximate surface area is 78.3 Å². The fourth-order valence-electron chi connectivity index (χ4n) is 2.82. The van der Waals surface area contributed by atoms with Crippen LogP contribution in [0.4, 0.5) is 0 Å². The molecule has 3 N–H and O–H groups in total. The molecule has 0 saturated heterocycles. The molecule has 0 radical (unpaired) electrons. The van der Waals surface area contributed by atoms with Gasteiger partial charge in [0.25, 0.3) is 0 Å². The van der Waals surface area contributed by atoms with Crippen molar-refractivity contribution in [3.05, 3.63) is 0 Å². The van der Waals surface area contributed by atoms with E-state index in [0.717, 1.165) is 25.7 Å². The second-order valence-corrected chi connectivity index (χ2v) is 4.65. The third-order valence-corrected chi connectivity index (χ3v) is 3.88. The standard InChI is InChI=1S/C10H17NO2/c11-10(8(12)13)7-9(10)5-3-1-2-4-6-9/h1-7,11H2,(H,12,13)/t10-/m1/s1. The van der Waals surface area contributed by atoms with Crippen LogP contribution < -0.4 is 5.73 Å². The maximum absolute atomic E-state index is 10.9. The molecule has 2 saturated carbocycles. The third kappa shape index (κ3) is 1.17. The highest BCUT2D eigenvalue weighted by molar-refractivity contribution is 5.84. The molecule has 2 fully saturated rings. The normalized spacial score (nSPS) is 37.0. The summed E-state index contributed by atoms with van der Waals surface area (Å²) in [7, 11) is 0. The van der Waals surface area contributed by atoms with Gasteiger partial charge in [-0.2, -0.15) is 0 Å². The molecule has 1 atom stereocenters. The van der Waals surface area contributed by atoms with Gasteiger partial charge in [-0.3, -0.25) is 4.79 Å². The van der Waals surface area contributed by atoms with Crippen LogP contribution in [0.5, 0.6) is 0 Å². The smallest absolute Gasteiger partial charge is 0.324 e. The summed E-state index contributed by atoms with van der Waals surface area (Å²) in [6, 6.07) is 0. The van der Waals surface area contributed by atoms with Gasteiger partial charge in [-0.15, -0.1) is 0 Å². The van der Waals surface area contributed by atoms with E-state index < -0.39 is 11.5 Å². The summed E-state index contributed by atoms with van der Waals surface area (Å²) in [5.41, 5.74) is 4.96. The Kier molecular flexibility index (Phi) is 1.88.